The Labute approximate surface area is 171 Å². The van der Waals surface area contributed by atoms with E-state index in [0.717, 1.165) is 35.4 Å². The molecule has 1 heterocycles. The number of hydrogen-bond acceptors (Lipinski definition) is 4. The minimum Gasteiger partial charge on any atom is -0.497 e. The summed E-state index contributed by atoms with van der Waals surface area (Å²) < 4.78 is 5.25. The number of halogens is 1. The number of nitrogens with zero attached hydrogens (tertiary/aromatic N) is 2. The lowest BCUT2D eigenvalue weighted by molar-refractivity contribution is 0.414. The molecule has 0 saturated heterocycles. The molecule has 0 unspecified atom stereocenters. The fraction of sp³-hybridized carbons (Fsp3) is 0.444. The van der Waals surface area contributed by atoms with Crippen molar-refractivity contribution in [3.8, 4) is 5.75 Å². The van der Waals surface area contributed by atoms with Gasteiger partial charge in [-0.3, -0.25) is 4.99 Å². The zero-order chi connectivity index (χ0) is 17.4. The van der Waals surface area contributed by atoms with E-state index < -0.39 is 0 Å². The lowest BCUT2D eigenvalue weighted by atomic mass is 10.1. The Hall–Kier alpha value is -1.35. The normalized spacial score (nSPS) is 11.2. The first-order valence-electron chi connectivity index (χ1n) is 8.14. The number of methoxy groups -OCH3 is 1. The maximum Gasteiger partial charge on any atom is 0.191 e. The molecule has 0 spiro atoms. The zero-order valence-electron chi connectivity index (χ0n) is 15.2. The molecule has 0 saturated carbocycles. The fourth-order valence-corrected chi connectivity index (χ4v) is 3.10. The molecule has 0 amide bonds. The van der Waals surface area contributed by atoms with Crippen LogP contribution in [0.1, 0.15) is 36.0 Å². The number of hydrogen-bond donors (Lipinski definition) is 2. The van der Waals surface area contributed by atoms with E-state index in [0.29, 0.717) is 12.5 Å². The Morgan fingerprint density at radius 1 is 1.32 bits per heavy atom. The predicted octanol–water partition coefficient (Wildman–Crippen LogP) is 3.80. The molecule has 0 fully saturated rings. The van der Waals surface area contributed by atoms with Crippen molar-refractivity contribution in [1.29, 1.82) is 0 Å². The van der Waals surface area contributed by atoms with Crippen LogP contribution in [0.5, 0.6) is 5.75 Å². The second-order valence-electron chi connectivity index (χ2n) is 5.77. The summed E-state index contributed by atoms with van der Waals surface area (Å²) in [6.07, 6.45) is 0.909. The van der Waals surface area contributed by atoms with E-state index >= 15 is 0 Å². The van der Waals surface area contributed by atoms with E-state index in [1.165, 1.54) is 5.56 Å². The van der Waals surface area contributed by atoms with E-state index in [2.05, 4.69) is 52.0 Å². The van der Waals surface area contributed by atoms with E-state index in [1.54, 1.807) is 25.5 Å². The van der Waals surface area contributed by atoms with Gasteiger partial charge in [0.2, 0.25) is 0 Å². The second kappa shape index (κ2) is 11.3. The lowest BCUT2D eigenvalue weighted by Crippen LogP contribution is -2.37. The van der Waals surface area contributed by atoms with Gasteiger partial charge in [-0.05, 0) is 30.0 Å². The van der Waals surface area contributed by atoms with Gasteiger partial charge in [0.05, 0.1) is 19.3 Å². The highest BCUT2D eigenvalue weighted by Crippen LogP contribution is 2.17. The molecule has 2 N–H and O–H groups in total. The highest BCUT2D eigenvalue weighted by Gasteiger charge is 2.06. The fourth-order valence-electron chi connectivity index (χ4n) is 2.20. The van der Waals surface area contributed by atoms with Crippen LogP contribution in [0.25, 0.3) is 0 Å². The molecule has 2 aromatic rings. The first-order valence-corrected chi connectivity index (χ1v) is 9.02. The van der Waals surface area contributed by atoms with Crippen LogP contribution < -0.4 is 15.4 Å². The van der Waals surface area contributed by atoms with Crippen molar-refractivity contribution < 1.29 is 4.74 Å². The molecule has 2 rings (SSSR count). The number of ether oxygens (including phenoxy) is 1. The summed E-state index contributed by atoms with van der Waals surface area (Å²) in [7, 11) is 3.47. The third-order valence-corrected chi connectivity index (χ3v) is 4.50. The van der Waals surface area contributed by atoms with E-state index in [9.17, 15) is 0 Å². The SMILES string of the molecule is CN=C(NCCc1cccc(OC)c1)NCc1nc(C(C)C)cs1.I. The molecule has 0 atom stereocenters. The second-order valence-corrected chi connectivity index (χ2v) is 6.72. The van der Waals surface area contributed by atoms with Crippen LogP contribution in [0.3, 0.4) is 0 Å². The number of nitrogens with one attached hydrogen (secondary N) is 2. The Kier molecular flexibility index (Phi) is 9.81. The summed E-state index contributed by atoms with van der Waals surface area (Å²) in [6, 6.07) is 8.12. The third-order valence-electron chi connectivity index (χ3n) is 3.63. The molecule has 0 bridgehead atoms. The molecular formula is C18H27IN4OS. The van der Waals surface area contributed by atoms with Crippen molar-refractivity contribution >= 4 is 41.3 Å². The maximum absolute atomic E-state index is 5.25. The van der Waals surface area contributed by atoms with Crippen LogP contribution in [-0.2, 0) is 13.0 Å². The van der Waals surface area contributed by atoms with Gasteiger partial charge >= 0.3 is 0 Å². The number of guanidine groups is 1. The van der Waals surface area contributed by atoms with E-state index in [-0.39, 0.29) is 24.0 Å². The summed E-state index contributed by atoms with van der Waals surface area (Å²) in [6.45, 7) is 5.81. The molecule has 0 aliphatic carbocycles. The Balaban J connectivity index is 0.00000312. The number of rotatable bonds is 7. The molecular weight excluding hydrogens is 447 g/mol. The van der Waals surface area contributed by atoms with Gasteiger partial charge < -0.3 is 15.4 Å². The van der Waals surface area contributed by atoms with Crippen molar-refractivity contribution in [1.82, 2.24) is 15.6 Å². The average Bonchev–Trinajstić information content (AvgIpc) is 3.07. The summed E-state index contributed by atoms with van der Waals surface area (Å²) >= 11 is 1.68. The standard InChI is InChI=1S/C18H26N4OS.HI/c1-13(2)16-12-24-17(22-16)11-21-18(19-3)20-9-8-14-6-5-7-15(10-14)23-4;/h5-7,10,12-13H,8-9,11H2,1-4H3,(H2,19,20,21);1H. The van der Waals surface area contributed by atoms with Gasteiger partial charge in [0.25, 0.3) is 0 Å². The van der Waals surface area contributed by atoms with Crippen molar-refractivity contribution in [2.24, 2.45) is 4.99 Å². The monoisotopic (exact) mass is 474 g/mol. The quantitative estimate of drug-likeness (QED) is 0.364. The Morgan fingerprint density at radius 3 is 2.76 bits per heavy atom. The largest absolute Gasteiger partial charge is 0.497 e. The van der Waals surface area contributed by atoms with Crippen LogP contribution in [0.2, 0.25) is 0 Å². The molecule has 1 aromatic carbocycles. The van der Waals surface area contributed by atoms with Gasteiger partial charge in [-0.2, -0.15) is 0 Å². The van der Waals surface area contributed by atoms with Crippen LogP contribution in [0.4, 0.5) is 0 Å². The molecule has 7 heteroatoms. The molecule has 0 aliphatic heterocycles. The van der Waals surface area contributed by atoms with E-state index in [4.69, 9.17) is 4.74 Å². The van der Waals surface area contributed by atoms with Crippen molar-refractivity contribution in [3.05, 3.63) is 45.9 Å². The van der Waals surface area contributed by atoms with Gasteiger partial charge in [-0.25, -0.2) is 4.98 Å². The predicted molar refractivity (Wildman–Crippen MR) is 117 cm³/mol. The van der Waals surface area contributed by atoms with Crippen LogP contribution in [-0.4, -0.2) is 31.6 Å². The highest BCUT2D eigenvalue weighted by molar-refractivity contribution is 14.0. The molecule has 25 heavy (non-hydrogen) atoms. The first-order chi connectivity index (χ1) is 11.6. The zero-order valence-corrected chi connectivity index (χ0v) is 18.4. The smallest absolute Gasteiger partial charge is 0.191 e. The molecule has 138 valence electrons. The van der Waals surface area contributed by atoms with Crippen LogP contribution >= 0.6 is 35.3 Å². The van der Waals surface area contributed by atoms with Gasteiger partial charge in [0, 0.05) is 19.0 Å². The highest BCUT2D eigenvalue weighted by atomic mass is 127. The third kappa shape index (κ3) is 7.19. The average molecular weight is 474 g/mol. The summed E-state index contributed by atoms with van der Waals surface area (Å²) in [4.78, 5) is 8.88. The summed E-state index contributed by atoms with van der Waals surface area (Å²) in [5.41, 5.74) is 2.39. The van der Waals surface area contributed by atoms with Crippen molar-refractivity contribution in [2.45, 2.75) is 32.7 Å². The van der Waals surface area contributed by atoms with Gasteiger partial charge in [0.15, 0.2) is 5.96 Å². The van der Waals surface area contributed by atoms with Crippen LogP contribution in [0, 0.1) is 0 Å². The van der Waals surface area contributed by atoms with Crippen molar-refractivity contribution in [3.63, 3.8) is 0 Å². The van der Waals surface area contributed by atoms with Gasteiger partial charge in [0.1, 0.15) is 10.8 Å². The molecule has 0 radical (unpaired) electrons. The number of aromatic nitrogens is 1. The number of aliphatic imine (C=N–C) groups is 1. The number of benzene rings is 1. The lowest BCUT2D eigenvalue weighted by Gasteiger charge is -2.11. The Morgan fingerprint density at radius 2 is 2.12 bits per heavy atom. The molecule has 1 aromatic heterocycles. The summed E-state index contributed by atoms with van der Waals surface area (Å²) in [5, 5.41) is 9.84. The van der Waals surface area contributed by atoms with Crippen molar-refractivity contribution in [2.75, 3.05) is 20.7 Å². The number of thiazole rings is 1. The summed E-state index contributed by atoms with van der Waals surface area (Å²) in [5.74, 6) is 2.15. The minimum atomic E-state index is 0. The van der Waals surface area contributed by atoms with Gasteiger partial charge in [-0.15, -0.1) is 35.3 Å². The Bertz CT molecular complexity index is 673. The molecule has 0 aliphatic rings. The minimum absolute atomic E-state index is 0. The topological polar surface area (TPSA) is 58.5 Å². The van der Waals surface area contributed by atoms with Crippen LogP contribution in [0.15, 0.2) is 34.6 Å². The van der Waals surface area contributed by atoms with E-state index in [1.807, 2.05) is 12.1 Å². The van der Waals surface area contributed by atoms with Gasteiger partial charge in [-0.1, -0.05) is 26.0 Å². The first kappa shape index (κ1) is 21.7. The maximum atomic E-state index is 5.25. The molecule has 5 nitrogen and oxygen atoms in total.